The van der Waals surface area contributed by atoms with Crippen molar-refractivity contribution in [1.82, 2.24) is 0 Å². The number of hydrogen-bond donors (Lipinski definition) is 0. The van der Waals surface area contributed by atoms with Crippen LogP contribution in [0.25, 0.3) is 21.5 Å². The van der Waals surface area contributed by atoms with Crippen molar-refractivity contribution in [2.45, 2.75) is 75.0 Å². The van der Waals surface area contributed by atoms with Crippen LogP contribution in [0.4, 0.5) is 22.7 Å². The number of hydrogen-bond acceptors (Lipinski definition) is 2. The minimum Gasteiger partial charge on any atom is -0.347 e. The van der Waals surface area contributed by atoms with Crippen molar-refractivity contribution in [3.63, 3.8) is 0 Å². The minimum absolute atomic E-state index is 0.178. The number of fused-ring (bicyclic) bond motifs is 8. The third-order valence-electron chi connectivity index (χ3n) is 18.8. The van der Waals surface area contributed by atoms with Crippen LogP contribution in [0.2, 0.25) is 0 Å². The SMILES string of the molecule is CN1/C(=C\C=C\C2=[N+](C)c3ccc4ccccc4c3C2(C)C)C(Cc2ccccc2)(Cc2ccc(CC3(Cc4ccccc4)/C(=C/C=C/C4=[N+](C)c5ccc6ccccc6c5C4(C)C)N(C)c4ccccc43)cc2)c2ccccc21. The van der Waals surface area contributed by atoms with Crippen LogP contribution >= 0.6 is 0 Å². The number of likely N-dealkylation sites (N-methyl/N-ethyl adjacent to an activating group) is 2. The molecule has 9 aromatic rings. The Bertz CT molecular complexity index is 3840. The Labute approximate surface area is 474 Å². The van der Waals surface area contributed by atoms with Gasteiger partial charge in [-0.25, -0.2) is 0 Å². The van der Waals surface area contributed by atoms with Gasteiger partial charge in [-0.05, 0) is 145 Å². The molecule has 4 heterocycles. The molecule has 0 amide bonds. The molecule has 2 atom stereocenters. The van der Waals surface area contributed by atoms with Crippen molar-refractivity contribution in [3.8, 4) is 0 Å². The molecule has 0 saturated heterocycles. The van der Waals surface area contributed by atoms with Gasteiger partial charge in [-0.2, -0.15) is 9.15 Å². The van der Waals surface area contributed by atoms with Crippen molar-refractivity contribution < 1.29 is 9.15 Å². The zero-order valence-corrected chi connectivity index (χ0v) is 47.7. The highest BCUT2D eigenvalue weighted by atomic mass is 15.2. The van der Waals surface area contributed by atoms with Crippen molar-refractivity contribution in [2.75, 3.05) is 38.0 Å². The van der Waals surface area contributed by atoms with E-state index in [1.165, 1.54) is 112 Å². The van der Waals surface area contributed by atoms with E-state index in [0.717, 1.165) is 25.7 Å². The summed E-state index contributed by atoms with van der Waals surface area (Å²) in [6.45, 7) is 9.53. The van der Waals surface area contributed by atoms with Crippen molar-refractivity contribution in [2.24, 2.45) is 0 Å². The van der Waals surface area contributed by atoms with Crippen LogP contribution < -0.4 is 9.80 Å². The fourth-order valence-electron chi connectivity index (χ4n) is 15.1. The molecule has 0 aliphatic carbocycles. The lowest BCUT2D eigenvalue weighted by Crippen LogP contribution is -2.35. The first-order valence-electron chi connectivity index (χ1n) is 28.7. The normalized spacial score (nSPS) is 20.8. The Hall–Kier alpha value is -8.60. The zero-order chi connectivity index (χ0) is 55.0. The summed E-state index contributed by atoms with van der Waals surface area (Å²) in [7, 11) is 9.00. The van der Waals surface area contributed by atoms with Crippen LogP contribution in [0, 0.1) is 0 Å². The van der Waals surface area contributed by atoms with Gasteiger partial charge in [0.2, 0.25) is 11.4 Å². The van der Waals surface area contributed by atoms with Crippen LogP contribution in [-0.2, 0) is 47.3 Å². The molecule has 0 radical (unpaired) electrons. The smallest absolute Gasteiger partial charge is 0.210 e. The number of nitrogens with zero attached hydrogens (tertiary/aromatic N) is 4. The predicted octanol–water partition coefficient (Wildman–Crippen LogP) is 16.6. The van der Waals surface area contributed by atoms with E-state index in [1.54, 1.807) is 0 Å². The predicted molar refractivity (Wildman–Crippen MR) is 337 cm³/mol. The van der Waals surface area contributed by atoms with Gasteiger partial charge in [-0.1, -0.05) is 182 Å². The maximum atomic E-state index is 2.46. The fourth-order valence-corrected chi connectivity index (χ4v) is 15.1. The van der Waals surface area contributed by atoms with E-state index >= 15 is 0 Å². The summed E-state index contributed by atoms with van der Waals surface area (Å²) < 4.78 is 4.81. The molecular formula is C76H72N4+2. The molecule has 0 bridgehead atoms. The Morgan fingerprint density at radius 1 is 0.375 bits per heavy atom. The number of benzene rings is 9. The maximum Gasteiger partial charge on any atom is 0.210 e. The highest BCUT2D eigenvalue weighted by molar-refractivity contribution is 6.09. The molecule has 0 fully saturated rings. The van der Waals surface area contributed by atoms with Crippen LogP contribution in [0.5, 0.6) is 0 Å². The Morgan fingerprint density at radius 2 is 0.713 bits per heavy atom. The lowest BCUT2D eigenvalue weighted by Gasteiger charge is -2.34. The van der Waals surface area contributed by atoms with E-state index in [-0.39, 0.29) is 21.7 Å². The van der Waals surface area contributed by atoms with E-state index < -0.39 is 0 Å². The van der Waals surface area contributed by atoms with E-state index in [4.69, 9.17) is 0 Å². The number of para-hydroxylation sites is 2. The molecule has 4 aliphatic heterocycles. The molecule has 0 spiro atoms. The average molecular weight is 1040 g/mol. The molecular weight excluding hydrogens is 969 g/mol. The monoisotopic (exact) mass is 1040 g/mol. The van der Waals surface area contributed by atoms with Gasteiger partial charge in [0.15, 0.2) is 11.4 Å². The second kappa shape index (κ2) is 19.6. The van der Waals surface area contributed by atoms with Crippen LogP contribution in [0.15, 0.2) is 254 Å². The summed E-state index contributed by atoms with van der Waals surface area (Å²) >= 11 is 0. The molecule has 80 heavy (non-hydrogen) atoms. The summed E-state index contributed by atoms with van der Waals surface area (Å²) in [6, 6.07) is 77.0. The minimum atomic E-state index is -0.336. The molecule has 4 heteroatoms. The first-order chi connectivity index (χ1) is 38.8. The lowest BCUT2D eigenvalue weighted by atomic mass is 9.69. The molecule has 0 N–H and O–H groups in total. The summed E-state index contributed by atoms with van der Waals surface area (Å²) in [5.74, 6) is 0. The summed E-state index contributed by atoms with van der Waals surface area (Å²) in [6.07, 6.45) is 17.7. The standard InChI is InChI=1S/C76H72N4/c1-73(2)67(79(7)65-47-45-57-29-15-17-31-59(57)71(65)73)37-23-39-69-75(49-53-25-11-9-12-26-53,61-33-19-21-35-63(61)77(69)5)51-55-41-43-56(44-42-55)52-76(50-54-27-13-10-14-28-54)62-34-20-22-36-64(62)78(6)70(76)40-24-38-68-74(3,4)72-60-32-18-16-30-58(60)46-48-66(72)80(68)8/h9-48H,49-52H2,1-8H3/q+2. The van der Waals surface area contributed by atoms with Gasteiger partial charge in [0.25, 0.3) is 0 Å². The van der Waals surface area contributed by atoms with E-state index in [9.17, 15) is 0 Å². The number of rotatable bonds is 12. The maximum absolute atomic E-state index is 2.46. The fraction of sp³-hybridized carbons (Fsp3) is 0.211. The zero-order valence-electron chi connectivity index (χ0n) is 47.7. The topological polar surface area (TPSA) is 12.5 Å². The highest BCUT2D eigenvalue weighted by Gasteiger charge is 2.49. The van der Waals surface area contributed by atoms with Gasteiger partial charge >= 0.3 is 0 Å². The Morgan fingerprint density at radius 3 is 1.11 bits per heavy atom. The Kier molecular flexibility index (Phi) is 12.5. The largest absolute Gasteiger partial charge is 0.347 e. The Balaban J connectivity index is 0.875. The van der Waals surface area contributed by atoms with Crippen molar-refractivity contribution in [3.05, 3.63) is 299 Å². The van der Waals surface area contributed by atoms with Gasteiger partial charge in [0, 0.05) is 83.1 Å². The third kappa shape index (κ3) is 8.17. The van der Waals surface area contributed by atoms with E-state index in [1.807, 2.05) is 0 Å². The summed E-state index contributed by atoms with van der Waals surface area (Å²) in [4.78, 5) is 4.92. The second-order valence-electron chi connectivity index (χ2n) is 24.1. The van der Waals surface area contributed by atoms with Gasteiger partial charge in [-0.3, -0.25) is 0 Å². The van der Waals surface area contributed by atoms with Gasteiger partial charge in [0.05, 0.1) is 10.8 Å². The number of anilines is 2. The molecule has 9 aromatic carbocycles. The first kappa shape index (κ1) is 50.9. The second-order valence-corrected chi connectivity index (χ2v) is 24.1. The molecule has 2 unspecified atom stereocenters. The van der Waals surface area contributed by atoms with Crippen molar-refractivity contribution >= 4 is 55.7 Å². The molecule has 13 rings (SSSR count). The highest BCUT2D eigenvalue weighted by Crippen LogP contribution is 2.54. The quantitative estimate of drug-likeness (QED) is 0.113. The third-order valence-corrected chi connectivity index (χ3v) is 18.8. The van der Waals surface area contributed by atoms with Crippen LogP contribution in [-0.4, -0.2) is 48.8 Å². The molecule has 0 aromatic heterocycles. The number of allylic oxidation sites excluding steroid dienone is 8. The van der Waals surface area contributed by atoms with Crippen molar-refractivity contribution in [1.29, 1.82) is 0 Å². The molecule has 0 saturated carbocycles. The van der Waals surface area contributed by atoms with Crippen LogP contribution in [0.3, 0.4) is 0 Å². The first-order valence-corrected chi connectivity index (χ1v) is 28.7. The van der Waals surface area contributed by atoms with Gasteiger partial charge in [0.1, 0.15) is 14.1 Å². The van der Waals surface area contributed by atoms with E-state index in [2.05, 4.69) is 318 Å². The van der Waals surface area contributed by atoms with Gasteiger partial charge in [-0.15, -0.1) is 0 Å². The molecule has 394 valence electrons. The lowest BCUT2D eigenvalue weighted by molar-refractivity contribution is -0.401. The summed E-state index contributed by atoms with van der Waals surface area (Å²) in [5.41, 5.74) is 20.1. The van der Waals surface area contributed by atoms with E-state index in [0.29, 0.717) is 0 Å². The van der Waals surface area contributed by atoms with Crippen LogP contribution in [0.1, 0.15) is 72.2 Å². The molecule has 4 aliphatic rings. The summed E-state index contributed by atoms with van der Waals surface area (Å²) in [5, 5.41) is 5.23. The average Bonchev–Trinajstić information content (AvgIpc) is 4.23. The van der Waals surface area contributed by atoms with Gasteiger partial charge < -0.3 is 9.80 Å². The molecule has 4 nitrogen and oxygen atoms in total.